The van der Waals surface area contributed by atoms with Crippen LogP contribution in [0.25, 0.3) is 0 Å². The van der Waals surface area contributed by atoms with E-state index in [0.717, 1.165) is 13.1 Å². The summed E-state index contributed by atoms with van der Waals surface area (Å²) in [6, 6.07) is 7.76. The van der Waals surface area contributed by atoms with Crippen LogP contribution in [0.3, 0.4) is 0 Å². The summed E-state index contributed by atoms with van der Waals surface area (Å²) in [5.74, 6) is 1.13. The summed E-state index contributed by atoms with van der Waals surface area (Å²) in [6.07, 6.45) is 7.39. The highest BCUT2D eigenvalue weighted by Gasteiger charge is 2.22. The number of ether oxygens (including phenoxy) is 1. The molecule has 0 saturated carbocycles. The Morgan fingerprint density at radius 1 is 1.09 bits per heavy atom. The number of carbonyl (C=O) groups excluding carboxylic acids is 1. The number of rotatable bonds is 3. The van der Waals surface area contributed by atoms with E-state index in [1.165, 1.54) is 57.3 Å². The van der Waals surface area contributed by atoms with Crippen LogP contribution in [0.5, 0.6) is 0 Å². The van der Waals surface area contributed by atoms with Crippen LogP contribution in [0.4, 0.5) is 0 Å². The third-order valence-corrected chi connectivity index (χ3v) is 4.46. The molecule has 0 N–H and O–H groups in total. The molecule has 0 aromatic heterocycles. The molecule has 1 aromatic carbocycles. The minimum Gasteiger partial charge on any atom is -0.465 e. The van der Waals surface area contributed by atoms with Gasteiger partial charge < -0.3 is 14.5 Å². The normalized spacial score (nSPS) is 18.3. The average molecular weight is 300 g/mol. The summed E-state index contributed by atoms with van der Waals surface area (Å²) in [4.78, 5) is 16.5. The molecule has 2 aliphatic heterocycles. The summed E-state index contributed by atoms with van der Waals surface area (Å²) in [7, 11) is 1.41. The van der Waals surface area contributed by atoms with Gasteiger partial charge in [-0.1, -0.05) is 12.1 Å². The highest BCUT2D eigenvalue weighted by molar-refractivity contribution is 5.89. The molecular weight excluding hydrogens is 276 g/mol. The number of benzene rings is 1. The summed E-state index contributed by atoms with van der Waals surface area (Å²) in [6.45, 7) is 4.39. The van der Waals surface area contributed by atoms with Crippen LogP contribution < -0.4 is 0 Å². The van der Waals surface area contributed by atoms with Gasteiger partial charge >= 0.3 is 5.97 Å². The number of carbonyl (C=O) groups is 1. The van der Waals surface area contributed by atoms with Gasteiger partial charge in [-0.25, -0.2) is 4.79 Å². The van der Waals surface area contributed by atoms with Crippen LogP contribution in [-0.2, 0) is 11.3 Å². The fourth-order valence-corrected chi connectivity index (χ4v) is 3.29. The van der Waals surface area contributed by atoms with Crippen LogP contribution in [0.2, 0.25) is 0 Å². The first-order valence-electron chi connectivity index (χ1n) is 8.15. The Kier molecular flexibility index (Phi) is 4.66. The van der Waals surface area contributed by atoms with Crippen molar-refractivity contribution < 1.29 is 9.53 Å². The Hall–Kier alpha value is -1.97. The molecule has 1 aromatic rings. The first-order valence-corrected chi connectivity index (χ1v) is 8.15. The fourth-order valence-electron chi connectivity index (χ4n) is 3.29. The fraction of sp³-hybridized carbons (Fsp3) is 0.500. The Balaban J connectivity index is 1.71. The standard InChI is InChI=1S/C18H24N2O2/c1-22-18(21)16-9-7-15(8-10-16)14-20-13-5-12-19-11-4-2-3-6-17(19)20/h6-10H,2-5,11-14H2,1H3. The van der Waals surface area contributed by atoms with Gasteiger partial charge in [0.1, 0.15) is 5.82 Å². The second-order valence-electron chi connectivity index (χ2n) is 6.01. The maximum Gasteiger partial charge on any atom is 0.337 e. The molecule has 1 saturated heterocycles. The molecule has 0 aliphatic carbocycles. The van der Waals surface area contributed by atoms with Crippen molar-refractivity contribution >= 4 is 5.97 Å². The third kappa shape index (κ3) is 3.26. The molecule has 2 aliphatic rings. The van der Waals surface area contributed by atoms with Crippen molar-refractivity contribution in [1.29, 1.82) is 0 Å². The molecule has 2 heterocycles. The third-order valence-electron chi connectivity index (χ3n) is 4.46. The molecule has 3 rings (SSSR count). The number of hydrogen-bond donors (Lipinski definition) is 0. The summed E-state index contributed by atoms with van der Waals surface area (Å²) in [5.41, 5.74) is 1.85. The van der Waals surface area contributed by atoms with Gasteiger partial charge in [0, 0.05) is 26.2 Å². The molecule has 4 heteroatoms. The van der Waals surface area contributed by atoms with Gasteiger partial charge in [0.05, 0.1) is 12.7 Å². The molecule has 22 heavy (non-hydrogen) atoms. The van der Waals surface area contributed by atoms with E-state index in [1.807, 2.05) is 24.3 Å². The molecular formula is C18H24N2O2. The Bertz CT molecular complexity index is 551. The highest BCUT2D eigenvalue weighted by Crippen LogP contribution is 2.24. The first kappa shape index (κ1) is 14.9. The lowest BCUT2D eigenvalue weighted by Gasteiger charge is -2.40. The van der Waals surface area contributed by atoms with Gasteiger partial charge in [-0.05, 0) is 49.5 Å². The topological polar surface area (TPSA) is 32.8 Å². The van der Waals surface area contributed by atoms with Crippen LogP contribution >= 0.6 is 0 Å². The van der Waals surface area contributed by atoms with Crippen molar-refractivity contribution in [3.63, 3.8) is 0 Å². The van der Waals surface area contributed by atoms with E-state index in [2.05, 4.69) is 15.9 Å². The summed E-state index contributed by atoms with van der Waals surface area (Å²) >= 11 is 0. The van der Waals surface area contributed by atoms with E-state index in [-0.39, 0.29) is 5.97 Å². The van der Waals surface area contributed by atoms with Crippen molar-refractivity contribution in [2.24, 2.45) is 0 Å². The number of nitrogens with zero attached hydrogens (tertiary/aromatic N) is 2. The zero-order valence-corrected chi connectivity index (χ0v) is 13.3. The number of hydrogen-bond acceptors (Lipinski definition) is 4. The van der Waals surface area contributed by atoms with Gasteiger partial charge in [-0.3, -0.25) is 0 Å². The Labute approximate surface area is 132 Å². The van der Waals surface area contributed by atoms with Crippen LogP contribution in [0.1, 0.15) is 41.6 Å². The molecule has 0 radical (unpaired) electrons. The lowest BCUT2D eigenvalue weighted by atomic mass is 10.1. The van der Waals surface area contributed by atoms with Crippen LogP contribution in [0, 0.1) is 0 Å². The molecule has 0 atom stereocenters. The van der Waals surface area contributed by atoms with Crippen LogP contribution in [0.15, 0.2) is 36.2 Å². The lowest BCUT2D eigenvalue weighted by molar-refractivity contribution is 0.0600. The molecule has 0 bridgehead atoms. The molecule has 1 fully saturated rings. The Morgan fingerprint density at radius 3 is 2.64 bits per heavy atom. The van der Waals surface area contributed by atoms with Crippen molar-refractivity contribution in [2.75, 3.05) is 26.7 Å². The van der Waals surface area contributed by atoms with E-state index in [4.69, 9.17) is 4.74 Å². The molecule has 0 unspecified atom stereocenters. The molecule has 4 nitrogen and oxygen atoms in total. The van der Waals surface area contributed by atoms with Gasteiger partial charge in [0.25, 0.3) is 0 Å². The largest absolute Gasteiger partial charge is 0.465 e. The predicted molar refractivity (Wildman–Crippen MR) is 86.3 cm³/mol. The van der Waals surface area contributed by atoms with Gasteiger partial charge in [-0.2, -0.15) is 0 Å². The van der Waals surface area contributed by atoms with E-state index in [0.29, 0.717) is 5.56 Å². The zero-order valence-electron chi connectivity index (χ0n) is 13.3. The SMILES string of the molecule is COC(=O)c1ccc(CN2CCCN3CCCCC=C32)cc1. The van der Waals surface area contributed by atoms with Gasteiger partial charge in [-0.15, -0.1) is 0 Å². The maximum absolute atomic E-state index is 11.5. The van der Waals surface area contributed by atoms with Gasteiger partial charge in [0.15, 0.2) is 0 Å². The first-order chi connectivity index (χ1) is 10.8. The van der Waals surface area contributed by atoms with E-state index in [9.17, 15) is 4.79 Å². The molecule has 0 amide bonds. The number of esters is 1. The van der Waals surface area contributed by atoms with E-state index in [1.54, 1.807) is 0 Å². The summed E-state index contributed by atoms with van der Waals surface area (Å²) < 4.78 is 4.75. The van der Waals surface area contributed by atoms with Crippen molar-refractivity contribution in [1.82, 2.24) is 9.80 Å². The monoisotopic (exact) mass is 300 g/mol. The molecule has 0 spiro atoms. The second-order valence-corrected chi connectivity index (χ2v) is 6.01. The average Bonchev–Trinajstić information content (AvgIpc) is 2.81. The number of allylic oxidation sites excluding steroid dienone is 1. The smallest absolute Gasteiger partial charge is 0.337 e. The second kappa shape index (κ2) is 6.86. The van der Waals surface area contributed by atoms with Gasteiger partial charge in [0.2, 0.25) is 0 Å². The van der Waals surface area contributed by atoms with E-state index < -0.39 is 0 Å². The minimum absolute atomic E-state index is 0.276. The lowest BCUT2D eigenvalue weighted by Crippen LogP contribution is -2.42. The maximum atomic E-state index is 11.5. The van der Waals surface area contributed by atoms with Crippen molar-refractivity contribution in [3.05, 3.63) is 47.3 Å². The van der Waals surface area contributed by atoms with Crippen molar-refractivity contribution in [2.45, 2.75) is 32.2 Å². The van der Waals surface area contributed by atoms with Crippen molar-refractivity contribution in [3.8, 4) is 0 Å². The zero-order chi connectivity index (χ0) is 15.4. The number of methoxy groups -OCH3 is 1. The molecule has 118 valence electrons. The van der Waals surface area contributed by atoms with Crippen LogP contribution in [-0.4, -0.2) is 42.5 Å². The quantitative estimate of drug-likeness (QED) is 0.803. The highest BCUT2D eigenvalue weighted by atomic mass is 16.5. The van der Waals surface area contributed by atoms with E-state index >= 15 is 0 Å². The summed E-state index contributed by atoms with van der Waals surface area (Å²) in [5, 5.41) is 0. The minimum atomic E-state index is -0.276. The number of fused-ring (bicyclic) bond motifs is 1. The predicted octanol–water partition coefficient (Wildman–Crippen LogP) is 3.01. The Morgan fingerprint density at radius 2 is 1.86 bits per heavy atom.